The van der Waals surface area contributed by atoms with Crippen molar-refractivity contribution in [3.63, 3.8) is 0 Å². The fourth-order valence-corrected chi connectivity index (χ4v) is 1.59. The number of carbonyl (C=O) groups is 1. The summed E-state index contributed by atoms with van der Waals surface area (Å²) in [6, 6.07) is 0. The van der Waals surface area contributed by atoms with E-state index in [4.69, 9.17) is 5.26 Å². The largest absolute Gasteiger partial charge is 0.339 e. The topological polar surface area (TPSA) is 44.1 Å². The molecular formula is C9H12N2OS. The quantitative estimate of drug-likeness (QED) is 0.499. The van der Waals surface area contributed by atoms with E-state index in [9.17, 15) is 4.79 Å². The number of carbonyl (C=O) groups excluding carboxylic acids is 1. The van der Waals surface area contributed by atoms with Crippen LogP contribution in [0.4, 0.5) is 0 Å². The third kappa shape index (κ3) is 3.51. The minimum atomic E-state index is 0.0300. The monoisotopic (exact) mass is 196 g/mol. The number of thioether (sulfide) groups is 1. The van der Waals surface area contributed by atoms with Gasteiger partial charge >= 0.3 is 0 Å². The average molecular weight is 196 g/mol. The van der Waals surface area contributed by atoms with Crippen LogP contribution in [-0.2, 0) is 4.79 Å². The molecule has 0 aromatic carbocycles. The fourth-order valence-electron chi connectivity index (χ4n) is 1.34. The number of likely N-dealkylation sites (tertiary alicyclic amines) is 1. The molecule has 0 aromatic heterocycles. The second-order valence-electron chi connectivity index (χ2n) is 2.90. The maximum atomic E-state index is 11.4. The normalized spacial score (nSPS) is 17.3. The van der Waals surface area contributed by atoms with Crippen LogP contribution < -0.4 is 0 Å². The molecule has 3 nitrogen and oxygen atoms in total. The summed E-state index contributed by atoms with van der Waals surface area (Å²) in [5, 5.41) is 11.7. The van der Waals surface area contributed by atoms with E-state index in [1.807, 2.05) is 10.3 Å². The Balaban J connectivity index is 2.34. The molecule has 0 N–H and O–H groups in total. The zero-order valence-electron chi connectivity index (χ0n) is 7.40. The van der Waals surface area contributed by atoms with Crippen molar-refractivity contribution in [3.8, 4) is 5.40 Å². The van der Waals surface area contributed by atoms with Gasteiger partial charge in [-0.15, -0.1) is 0 Å². The molecule has 1 heterocycles. The van der Waals surface area contributed by atoms with Gasteiger partial charge in [0, 0.05) is 19.2 Å². The highest BCUT2D eigenvalue weighted by Gasteiger charge is 2.13. The van der Waals surface area contributed by atoms with Gasteiger partial charge in [0.2, 0.25) is 5.91 Å². The summed E-state index contributed by atoms with van der Waals surface area (Å²) >= 11 is 0.978. The van der Waals surface area contributed by atoms with Gasteiger partial charge in [-0.25, -0.2) is 0 Å². The number of thiocyanates is 1. The first-order valence-corrected chi connectivity index (χ1v) is 5.23. The Labute approximate surface area is 82.4 Å². The minimum Gasteiger partial charge on any atom is -0.339 e. The van der Waals surface area contributed by atoms with Crippen molar-refractivity contribution in [2.24, 2.45) is 0 Å². The van der Waals surface area contributed by atoms with Crippen LogP contribution in [0.5, 0.6) is 0 Å². The van der Waals surface area contributed by atoms with Gasteiger partial charge in [0.25, 0.3) is 0 Å². The molecule has 1 fully saturated rings. The van der Waals surface area contributed by atoms with Crippen LogP contribution in [0, 0.1) is 10.7 Å². The number of rotatable bonds is 2. The summed E-state index contributed by atoms with van der Waals surface area (Å²) in [6.45, 7) is 1.72. The van der Waals surface area contributed by atoms with E-state index in [2.05, 4.69) is 0 Å². The van der Waals surface area contributed by atoms with Gasteiger partial charge in [0.05, 0.1) is 0 Å². The molecule has 1 aliphatic rings. The van der Waals surface area contributed by atoms with Crippen LogP contribution >= 0.6 is 11.8 Å². The summed E-state index contributed by atoms with van der Waals surface area (Å²) in [5.41, 5.74) is 0. The first-order valence-electron chi connectivity index (χ1n) is 4.35. The SMILES string of the molecule is N#CS/C=C/C(=O)N1CCCCC1. The molecule has 1 amide bonds. The minimum absolute atomic E-state index is 0.0300. The van der Waals surface area contributed by atoms with E-state index in [1.54, 1.807) is 0 Å². The van der Waals surface area contributed by atoms with E-state index in [1.165, 1.54) is 17.9 Å². The highest BCUT2D eigenvalue weighted by molar-refractivity contribution is 8.06. The van der Waals surface area contributed by atoms with Crippen LogP contribution in [0.2, 0.25) is 0 Å². The molecule has 0 unspecified atom stereocenters. The van der Waals surface area contributed by atoms with E-state index < -0.39 is 0 Å². The lowest BCUT2D eigenvalue weighted by Gasteiger charge is -2.25. The van der Waals surface area contributed by atoms with Crippen molar-refractivity contribution < 1.29 is 4.79 Å². The number of piperidine rings is 1. The Bertz CT molecular complexity index is 238. The second kappa shape index (κ2) is 5.65. The molecular weight excluding hydrogens is 184 g/mol. The van der Waals surface area contributed by atoms with Crippen LogP contribution in [0.1, 0.15) is 19.3 Å². The number of amides is 1. The number of hydrogen-bond acceptors (Lipinski definition) is 3. The lowest BCUT2D eigenvalue weighted by Crippen LogP contribution is -2.34. The van der Waals surface area contributed by atoms with Crippen molar-refractivity contribution in [3.05, 3.63) is 11.5 Å². The predicted octanol–water partition coefficient (Wildman–Crippen LogP) is 1.73. The van der Waals surface area contributed by atoms with E-state index in [-0.39, 0.29) is 5.91 Å². The summed E-state index contributed by atoms with van der Waals surface area (Å²) < 4.78 is 0. The smallest absolute Gasteiger partial charge is 0.247 e. The fraction of sp³-hybridized carbons (Fsp3) is 0.556. The van der Waals surface area contributed by atoms with Crippen LogP contribution in [0.3, 0.4) is 0 Å². The zero-order valence-corrected chi connectivity index (χ0v) is 8.22. The van der Waals surface area contributed by atoms with Gasteiger partial charge in [-0.05, 0) is 36.4 Å². The maximum absolute atomic E-state index is 11.4. The van der Waals surface area contributed by atoms with Crippen molar-refractivity contribution in [1.82, 2.24) is 4.90 Å². The molecule has 1 aliphatic heterocycles. The third-order valence-electron chi connectivity index (χ3n) is 2.00. The van der Waals surface area contributed by atoms with E-state index >= 15 is 0 Å². The Morgan fingerprint density at radius 2 is 2.08 bits per heavy atom. The Hall–Kier alpha value is -0.950. The van der Waals surface area contributed by atoms with Crippen LogP contribution in [0.25, 0.3) is 0 Å². The molecule has 0 bridgehead atoms. The van der Waals surface area contributed by atoms with Crippen molar-refractivity contribution in [2.45, 2.75) is 19.3 Å². The zero-order chi connectivity index (χ0) is 9.52. The van der Waals surface area contributed by atoms with Crippen LogP contribution in [0.15, 0.2) is 11.5 Å². The second-order valence-corrected chi connectivity index (χ2v) is 3.59. The lowest BCUT2D eigenvalue weighted by molar-refractivity contribution is -0.126. The highest BCUT2D eigenvalue weighted by atomic mass is 32.2. The number of nitrogens with zero attached hydrogens (tertiary/aromatic N) is 2. The molecule has 0 aromatic rings. The van der Waals surface area contributed by atoms with Gasteiger partial charge in [-0.2, -0.15) is 5.26 Å². The molecule has 1 saturated heterocycles. The molecule has 0 aliphatic carbocycles. The molecule has 4 heteroatoms. The van der Waals surface area contributed by atoms with Gasteiger partial charge < -0.3 is 4.90 Å². The molecule has 0 atom stereocenters. The Morgan fingerprint density at radius 3 is 2.69 bits per heavy atom. The van der Waals surface area contributed by atoms with Crippen molar-refractivity contribution in [2.75, 3.05) is 13.1 Å². The summed E-state index contributed by atoms with van der Waals surface area (Å²) in [6.07, 6.45) is 4.90. The highest BCUT2D eigenvalue weighted by Crippen LogP contribution is 2.09. The van der Waals surface area contributed by atoms with Gasteiger partial charge in [0.15, 0.2) is 0 Å². The van der Waals surface area contributed by atoms with E-state index in [0.29, 0.717) is 0 Å². The molecule has 1 rings (SSSR count). The standard InChI is InChI=1S/C9H12N2OS/c10-8-13-7-4-9(12)11-5-2-1-3-6-11/h4,7H,1-3,5-6H2/b7-4+. The molecule has 13 heavy (non-hydrogen) atoms. The van der Waals surface area contributed by atoms with Crippen molar-refractivity contribution in [1.29, 1.82) is 5.26 Å². The van der Waals surface area contributed by atoms with Gasteiger partial charge in [-0.1, -0.05) is 0 Å². The summed E-state index contributed by atoms with van der Waals surface area (Å²) in [7, 11) is 0. The maximum Gasteiger partial charge on any atom is 0.247 e. The Kier molecular flexibility index (Phi) is 4.41. The lowest BCUT2D eigenvalue weighted by atomic mass is 10.1. The van der Waals surface area contributed by atoms with Gasteiger partial charge in [-0.3, -0.25) is 4.79 Å². The van der Waals surface area contributed by atoms with Crippen molar-refractivity contribution >= 4 is 17.7 Å². The first-order chi connectivity index (χ1) is 6.34. The van der Waals surface area contributed by atoms with E-state index in [0.717, 1.165) is 37.7 Å². The summed E-state index contributed by atoms with van der Waals surface area (Å²) in [5.74, 6) is 0.0300. The Morgan fingerprint density at radius 1 is 1.38 bits per heavy atom. The van der Waals surface area contributed by atoms with Crippen LogP contribution in [-0.4, -0.2) is 23.9 Å². The summed E-state index contributed by atoms with van der Waals surface area (Å²) in [4.78, 5) is 13.2. The first kappa shape index (κ1) is 10.1. The molecule has 70 valence electrons. The molecule has 0 saturated carbocycles. The number of hydrogen-bond donors (Lipinski definition) is 0. The average Bonchev–Trinajstić information content (AvgIpc) is 2.19. The van der Waals surface area contributed by atoms with Gasteiger partial charge in [0.1, 0.15) is 5.40 Å². The third-order valence-corrected chi connectivity index (χ3v) is 2.38. The molecule has 0 spiro atoms. The molecule has 0 radical (unpaired) electrons. The predicted molar refractivity (Wildman–Crippen MR) is 52.8 cm³/mol. The number of nitriles is 1.